The lowest BCUT2D eigenvalue weighted by Gasteiger charge is -2.22. The molecule has 0 fully saturated rings. The molecule has 0 saturated carbocycles. The van der Waals surface area contributed by atoms with Crippen LogP contribution in [0.15, 0.2) is 17.0 Å². The minimum absolute atomic E-state index is 0.132. The molecule has 1 aromatic heterocycles. The predicted molar refractivity (Wildman–Crippen MR) is 68.3 cm³/mol. The summed E-state index contributed by atoms with van der Waals surface area (Å²) in [4.78, 5) is 7.97. The van der Waals surface area contributed by atoms with Gasteiger partial charge in [0.15, 0.2) is 0 Å². The maximum atomic E-state index is 9.80. The van der Waals surface area contributed by atoms with Crippen molar-refractivity contribution in [1.29, 1.82) is 0 Å². The fourth-order valence-corrected chi connectivity index (χ4v) is 1.74. The Morgan fingerprint density at radius 1 is 1.44 bits per heavy atom. The van der Waals surface area contributed by atoms with Gasteiger partial charge in [-0.05, 0) is 27.8 Å². The molecule has 0 saturated heterocycles. The van der Waals surface area contributed by atoms with Crippen molar-refractivity contribution >= 4 is 21.7 Å². The summed E-state index contributed by atoms with van der Waals surface area (Å²) in [7, 11) is 0. The summed E-state index contributed by atoms with van der Waals surface area (Å²) in [5.41, 5.74) is 0.132. The molecule has 0 aliphatic rings. The lowest BCUT2D eigenvalue weighted by atomic mass is 9.89. The molecule has 90 valence electrons. The van der Waals surface area contributed by atoms with Crippen LogP contribution < -0.4 is 5.32 Å². The largest absolute Gasteiger partial charge is 0.391 e. The smallest absolute Gasteiger partial charge is 0.130 e. The van der Waals surface area contributed by atoms with Crippen molar-refractivity contribution in [2.24, 2.45) is 5.41 Å². The summed E-state index contributed by atoms with van der Waals surface area (Å²) in [5, 5.41) is 12.9. The molecule has 0 aliphatic heterocycles. The fraction of sp³-hybridized carbons (Fsp3) is 0.636. The van der Waals surface area contributed by atoms with Crippen LogP contribution in [0.2, 0.25) is 0 Å². The molecular weight excluding hydrogens is 270 g/mol. The monoisotopic (exact) mass is 287 g/mol. The van der Waals surface area contributed by atoms with Gasteiger partial charge >= 0.3 is 0 Å². The zero-order chi connectivity index (χ0) is 12.2. The van der Waals surface area contributed by atoms with E-state index in [-0.39, 0.29) is 11.5 Å². The van der Waals surface area contributed by atoms with Crippen molar-refractivity contribution in [3.8, 4) is 0 Å². The Morgan fingerprint density at radius 3 is 2.69 bits per heavy atom. The van der Waals surface area contributed by atoms with Crippen LogP contribution in [0.25, 0.3) is 0 Å². The Bertz CT molecular complexity index is 338. The van der Waals surface area contributed by atoms with Gasteiger partial charge in [-0.1, -0.05) is 20.8 Å². The van der Waals surface area contributed by atoms with E-state index < -0.39 is 0 Å². The number of nitrogens with zero attached hydrogens (tertiary/aromatic N) is 2. The van der Waals surface area contributed by atoms with E-state index in [0.717, 1.165) is 16.8 Å². The van der Waals surface area contributed by atoms with Crippen LogP contribution in [0.5, 0.6) is 0 Å². The highest BCUT2D eigenvalue weighted by Crippen LogP contribution is 2.20. The molecule has 1 heterocycles. The Kier molecular flexibility index (Phi) is 4.68. The SMILES string of the molecule is CC(C)(C)CC(O)CNc1cc(Br)ncn1. The number of nitrogens with one attached hydrogen (secondary N) is 1. The second-order valence-corrected chi connectivity index (χ2v) is 5.84. The number of aromatic nitrogens is 2. The van der Waals surface area contributed by atoms with Gasteiger partial charge in [-0.25, -0.2) is 9.97 Å². The molecule has 0 amide bonds. The average Bonchev–Trinajstić information content (AvgIpc) is 2.12. The van der Waals surface area contributed by atoms with E-state index in [9.17, 15) is 5.11 Å². The zero-order valence-corrected chi connectivity index (χ0v) is 11.5. The van der Waals surface area contributed by atoms with Gasteiger partial charge in [-0.3, -0.25) is 0 Å². The number of anilines is 1. The molecule has 1 aromatic rings. The lowest BCUT2D eigenvalue weighted by molar-refractivity contribution is 0.132. The average molecular weight is 288 g/mol. The van der Waals surface area contributed by atoms with E-state index >= 15 is 0 Å². The van der Waals surface area contributed by atoms with Gasteiger partial charge in [-0.15, -0.1) is 0 Å². The minimum Gasteiger partial charge on any atom is -0.391 e. The number of halogens is 1. The molecule has 0 aromatic carbocycles. The van der Waals surface area contributed by atoms with Crippen molar-refractivity contribution in [2.45, 2.75) is 33.3 Å². The van der Waals surface area contributed by atoms with Crippen LogP contribution in [0.1, 0.15) is 27.2 Å². The van der Waals surface area contributed by atoms with Crippen LogP contribution >= 0.6 is 15.9 Å². The second-order valence-electron chi connectivity index (χ2n) is 5.03. The normalized spacial score (nSPS) is 13.6. The Balaban J connectivity index is 2.40. The first-order valence-electron chi connectivity index (χ1n) is 5.26. The number of rotatable bonds is 4. The maximum Gasteiger partial charge on any atom is 0.130 e. The highest BCUT2D eigenvalue weighted by molar-refractivity contribution is 9.10. The maximum absolute atomic E-state index is 9.80. The van der Waals surface area contributed by atoms with E-state index in [1.165, 1.54) is 6.33 Å². The Labute approximate surface area is 105 Å². The van der Waals surface area contributed by atoms with Gasteiger partial charge in [0.2, 0.25) is 0 Å². The topological polar surface area (TPSA) is 58.0 Å². The third-order valence-corrected chi connectivity index (χ3v) is 2.43. The number of hydrogen-bond donors (Lipinski definition) is 2. The molecule has 16 heavy (non-hydrogen) atoms. The van der Waals surface area contributed by atoms with E-state index in [2.05, 4.69) is 52.0 Å². The number of aliphatic hydroxyl groups is 1. The molecule has 1 unspecified atom stereocenters. The molecule has 0 spiro atoms. The van der Waals surface area contributed by atoms with Crippen molar-refractivity contribution in [2.75, 3.05) is 11.9 Å². The lowest BCUT2D eigenvalue weighted by Crippen LogP contribution is -2.25. The number of aliphatic hydroxyl groups excluding tert-OH is 1. The summed E-state index contributed by atoms with van der Waals surface area (Å²) >= 11 is 3.26. The standard InChI is InChI=1S/C11H18BrN3O/c1-11(2,3)5-8(16)6-13-10-4-9(12)14-7-15-10/h4,7-8,16H,5-6H2,1-3H3,(H,13,14,15). The predicted octanol–water partition coefficient (Wildman–Crippen LogP) is 2.45. The Hall–Kier alpha value is -0.680. The molecule has 0 bridgehead atoms. The number of hydrogen-bond acceptors (Lipinski definition) is 4. The van der Waals surface area contributed by atoms with Gasteiger partial charge in [-0.2, -0.15) is 0 Å². The van der Waals surface area contributed by atoms with Gasteiger partial charge in [0.25, 0.3) is 0 Å². The highest BCUT2D eigenvalue weighted by atomic mass is 79.9. The molecule has 1 rings (SSSR count). The van der Waals surface area contributed by atoms with Crippen LogP contribution in [0.4, 0.5) is 5.82 Å². The van der Waals surface area contributed by atoms with Crippen molar-refractivity contribution in [3.05, 3.63) is 17.0 Å². The summed E-state index contributed by atoms with van der Waals surface area (Å²) in [5.74, 6) is 0.717. The molecule has 5 heteroatoms. The van der Waals surface area contributed by atoms with E-state index in [4.69, 9.17) is 0 Å². The highest BCUT2D eigenvalue weighted by Gasteiger charge is 2.16. The van der Waals surface area contributed by atoms with Gasteiger partial charge in [0.1, 0.15) is 16.7 Å². The van der Waals surface area contributed by atoms with Crippen LogP contribution in [0.3, 0.4) is 0 Å². The molecular formula is C11H18BrN3O. The molecule has 0 aliphatic carbocycles. The zero-order valence-electron chi connectivity index (χ0n) is 9.87. The van der Waals surface area contributed by atoms with Crippen LogP contribution in [-0.4, -0.2) is 27.7 Å². The third-order valence-electron chi connectivity index (χ3n) is 2.00. The summed E-state index contributed by atoms with van der Waals surface area (Å²) in [6.45, 7) is 6.83. The van der Waals surface area contributed by atoms with Crippen molar-refractivity contribution in [3.63, 3.8) is 0 Å². The quantitative estimate of drug-likeness (QED) is 0.836. The molecule has 1 atom stereocenters. The molecule has 4 nitrogen and oxygen atoms in total. The molecule has 0 radical (unpaired) electrons. The minimum atomic E-state index is -0.367. The second kappa shape index (κ2) is 5.59. The Morgan fingerprint density at radius 2 is 2.12 bits per heavy atom. The van der Waals surface area contributed by atoms with E-state index in [1.54, 1.807) is 6.07 Å². The van der Waals surface area contributed by atoms with Crippen molar-refractivity contribution in [1.82, 2.24) is 9.97 Å². The fourth-order valence-electron chi connectivity index (χ4n) is 1.43. The van der Waals surface area contributed by atoms with Gasteiger partial charge in [0, 0.05) is 12.6 Å². The third kappa shape index (κ3) is 5.42. The molecule has 2 N–H and O–H groups in total. The van der Waals surface area contributed by atoms with E-state index in [1.807, 2.05) is 0 Å². The summed E-state index contributed by atoms with van der Waals surface area (Å²) in [6, 6.07) is 1.78. The first-order valence-corrected chi connectivity index (χ1v) is 6.05. The van der Waals surface area contributed by atoms with Gasteiger partial charge < -0.3 is 10.4 Å². The van der Waals surface area contributed by atoms with Crippen LogP contribution in [0, 0.1) is 5.41 Å². The first kappa shape index (κ1) is 13.4. The summed E-state index contributed by atoms with van der Waals surface area (Å²) in [6.07, 6.45) is 1.86. The van der Waals surface area contributed by atoms with E-state index in [0.29, 0.717) is 6.54 Å². The first-order chi connectivity index (χ1) is 7.37. The van der Waals surface area contributed by atoms with Gasteiger partial charge in [0.05, 0.1) is 6.10 Å². The van der Waals surface area contributed by atoms with Crippen LogP contribution in [-0.2, 0) is 0 Å². The van der Waals surface area contributed by atoms with Crippen molar-refractivity contribution < 1.29 is 5.11 Å². The summed E-state index contributed by atoms with van der Waals surface area (Å²) < 4.78 is 0.732.